The third-order valence-electron chi connectivity index (χ3n) is 8.50. The number of aromatic nitrogens is 4. The van der Waals surface area contributed by atoms with Crippen molar-refractivity contribution in [3.63, 3.8) is 0 Å². The maximum atomic E-state index is 11.0. The number of nitrogens with zero attached hydrogens (tertiary/aromatic N) is 6. The zero-order chi connectivity index (χ0) is 25.0. The van der Waals surface area contributed by atoms with Crippen molar-refractivity contribution in [1.82, 2.24) is 25.1 Å². The summed E-state index contributed by atoms with van der Waals surface area (Å²) in [6.45, 7) is 5.49. The molecule has 3 fully saturated rings. The second kappa shape index (κ2) is 11.4. The molecule has 3 aromatic rings. The third kappa shape index (κ3) is 5.75. The van der Waals surface area contributed by atoms with Gasteiger partial charge in [-0.2, -0.15) is 0 Å². The molecule has 0 unspecified atom stereocenters. The number of benzene rings is 1. The monoisotopic (exact) mass is 516 g/mol. The van der Waals surface area contributed by atoms with Gasteiger partial charge in [-0.05, 0) is 50.0 Å². The fourth-order valence-corrected chi connectivity index (χ4v) is 7.16. The molecular formula is C29H36N6OS. The van der Waals surface area contributed by atoms with Crippen molar-refractivity contribution in [2.24, 2.45) is 11.8 Å². The molecule has 3 heterocycles. The molecule has 2 aromatic heterocycles. The molecule has 7 nitrogen and oxygen atoms in total. The van der Waals surface area contributed by atoms with Gasteiger partial charge in [-0.1, -0.05) is 48.4 Å². The third-order valence-corrected chi connectivity index (χ3v) is 9.64. The summed E-state index contributed by atoms with van der Waals surface area (Å²) in [5.74, 6) is 2.42. The van der Waals surface area contributed by atoms with E-state index >= 15 is 0 Å². The zero-order valence-corrected chi connectivity index (χ0v) is 22.3. The molecule has 0 radical (unpaired) electrons. The van der Waals surface area contributed by atoms with Gasteiger partial charge in [0.05, 0.1) is 0 Å². The Balaban J connectivity index is 1.04. The number of hydrogen-bond acceptors (Lipinski definition) is 8. The van der Waals surface area contributed by atoms with Gasteiger partial charge in [0, 0.05) is 68.1 Å². The van der Waals surface area contributed by atoms with E-state index in [1.807, 2.05) is 12.4 Å². The Labute approximate surface area is 223 Å². The number of carbonyl (C=O) groups is 1. The smallest absolute Gasteiger partial charge is 0.225 e. The Morgan fingerprint density at radius 2 is 1.49 bits per heavy atom. The van der Waals surface area contributed by atoms with Crippen molar-refractivity contribution < 1.29 is 4.79 Å². The normalized spacial score (nSPS) is 23.4. The number of aldehydes is 1. The molecule has 2 aliphatic carbocycles. The van der Waals surface area contributed by atoms with E-state index in [1.165, 1.54) is 32.2 Å². The molecule has 0 spiro atoms. The van der Waals surface area contributed by atoms with Crippen LogP contribution in [0.15, 0.2) is 36.7 Å². The highest BCUT2D eigenvalue weighted by Crippen LogP contribution is 2.38. The quantitative estimate of drug-likeness (QED) is 0.387. The molecule has 0 N–H and O–H groups in total. The SMILES string of the molecule is O=C[C@H]1CC[C@H](c2nnc(-c3ccc(-c4cnc(N5CCN(CC6CCCC6)CC5)nc4)cc3)s2)CC1. The highest BCUT2D eigenvalue weighted by Gasteiger charge is 2.25. The van der Waals surface area contributed by atoms with Gasteiger partial charge in [0.25, 0.3) is 0 Å². The Hall–Kier alpha value is -2.71. The second-order valence-corrected chi connectivity index (χ2v) is 12.0. The predicted molar refractivity (Wildman–Crippen MR) is 148 cm³/mol. The lowest BCUT2D eigenvalue weighted by atomic mass is 9.83. The first-order valence-corrected chi connectivity index (χ1v) is 14.8. The summed E-state index contributed by atoms with van der Waals surface area (Å²) >= 11 is 1.69. The molecule has 194 valence electrons. The maximum absolute atomic E-state index is 11.0. The molecule has 0 atom stereocenters. The van der Waals surface area contributed by atoms with Crippen LogP contribution in [0.1, 0.15) is 62.3 Å². The van der Waals surface area contributed by atoms with Gasteiger partial charge < -0.3 is 9.69 Å². The lowest BCUT2D eigenvalue weighted by Crippen LogP contribution is -2.48. The van der Waals surface area contributed by atoms with Gasteiger partial charge in [-0.25, -0.2) is 9.97 Å². The van der Waals surface area contributed by atoms with E-state index in [2.05, 4.69) is 44.3 Å². The van der Waals surface area contributed by atoms with E-state index in [9.17, 15) is 4.79 Å². The average molecular weight is 517 g/mol. The summed E-state index contributed by atoms with van der Waals surface area (Å²) in [7, 11) is 0. The van der Waals surface area contributed by atoms with Gasteiger partial charge in [-0.15, -0.1) is 10.2 Å². The predicted octanol–water partition coefficient (Wildman–Crippen LogP) is 5.45. The van der Waals surface area contributed by atoms with E-state index in [0.29, 0.717) is 5.92 Å². The molecule has 2 saturated carbocycles. The summed E-state index contributed by atoms with van der Waals surface area (Å²) in [6, 6.07) is 8.46. The van der Waals surface area contributed by atoms with Crippen LogP contribution >= 0.6 is 11.3 Å². The number of carbonyl (C=O) groups excluding carboxylic acids is 1. The number of piperazine rings is 1. The van der Waals surface area contributed by atoms with Crippen LogP contribution in [0.2, 0.25) is 0 Å². The molecule has 6 rings (SSSR count). The van der Waals surface area contributed by atoms with E-state index in [4.69, 9.17) is 9.97 Å². The van der Waals surface area contributed by atoms with Crippen LogP contribution in [0.25, 0.3) is 21.7 Å². The van der Waals surface area contributed by atoms with Gasteiger partial charge in [0.15, 0.2) is 0 Å². The van der Waals surface area contributed by atoms with Crippen molar-refractivity contribution in [3.05, 3.63) is 41.7 Å². The molecular weight excluding hydrogens is 480 g/mol. The second-order valence-electron chi connectivity index (χ2n) is 11.0. The molecule has 1 saturated heterocycles. The van der Waals surface area contributed by atoms with Crippen molar-refractivity contribution in [3.8, 4) is 21.7 Å². The van der Waals surface area contributed by atoms with Gasteiger partial charge in [-0.3, -0.25) is 4.90 Å². The van der Waals surface area contributed by atoms with Gasteiger partial charge in [0.1, 0.15) is 16.3 Å². The highest BCUT2D eigenvalue weighted by atomic mass is 32.1. The minimum absolute atomic E-state index is 0.228. The Bertz CT molecular complexity index is 1160. The fourth-order valence-electron chi connectivity index (χ4n) is 6.15. The first kappa shape index (κ1) is 24.6. The Kier molecular flexibility index (Phi) is 7.55. The summed E-state index contributed by atoms with van der Waals surface area (Å²) in [4.78, 5) is 25.4. The van der Waals surface area contributed by atoms with Crippen molar-refractivity contribution in [2.75, 3.05) is 37.6 Å². The van der Waals surface area contributed by atoms with E-state index < -0.39 is 0 Å². The highest BCUT2D eigenvalue weighted by molar-refractivity contribution is 7.14. The topological polar surface area (TPSA) is 75.1 Å². The Morgan fingerprint density at radius 1 is 0.811 bits per heavy atom. The van der Waals surface area contributed by atoms with Crippen LogP contribution in [0.4, 0.5) is 5.95 Å². The summed E-state index contributed by atoms with van der Waals surface area (Å²) in [5, 5.41) is 11.0. The van der Waals surface area contributed by atoms with Crippen LogP contribution < -0.4 is 4.90 Å². The lowest BCUT2D eigenvalue weighted by Gasteiger charge is -2.35. The molecule has 37 heavy (non-hydrogen) atoms. The van der Waals surface area contributed by atoms with Gasteiger partial charge in [0.2, 0.25) is 5.95 Å². The zero-order valence-electron chi connectivity index (χ0n) is 21.5. The van der Waals surface area contributed by atoms with E-state index in [-0.39, 0.29) is 5.92 Å². The first-order valence-electron chi connectivity index (χ1n) is 13.9. The van der Waals surface area contributed by atoms with Crippen LogP contribution in [0.3, 0.4) is 0 Å². The standard InChI is InChI=1S/C29H36N6OS/c36-20-22-5-7-24(8-6-22)27-32-33-28(37-27)25-11-9-23(10-12-25)26-17-30-29(31-18-26)35-15-13-34(14-16-35)19-21-3-1-2-4-21/h9-12,17-18,20-22,24H,1-8,13-16,19H2/t22-,24-. The Morgan fingerprint density at radius 3 is 2.16 bits per heavy atom. The minimum Gasteiger partial charge on any atom is -0.338 e. The first-order chi connectivity index (χ1) is 18.2. The maximum Gasteiger partial charge on any atom is 0.225 e. The van der Waals surface area contributed by atoms with Gasteiger partial charge >= 0.3 is 0 Å². The average Bonchev–Trinajstić information content (AvgIpc) is 3.67. The van der Waals surface area contributed by atoms with Crippen molar-refractivity contribution >= 4 is 23.6 Å². The fraction of sp³-hybridized carbons (Fsp3) is 0.552. The van der Waals surface area contributed by atoms with Crippen LogP contribution in [0.5, 0.6) is 0 Å². The van der Waals surface area contributed by atoms with E-state index in [0.717, 1.165) is 96.7 Å². The van der Waals surface area contributed by atoms with Crippen molar-refractivity contribution in [1.29, 1.82) is 0 Å². The summed E-state index contributed by atoms with van der Waals surface area (Å²) < 4.78 is 0. The molecule has 3 aliphatic rings. The lowest BCUT2D eigenvalue weighted by molar-refractivity contribution is -0.111. The van der Waals surface area contributed by atoms with Crippen LogP contribution in [0, 0.1) is 11.8 Å². The van der Waals surface area contributed by atoms with Crippen molar-refractivity contribution in [2.45, 2.75) is 57.3 Å². The van der Waals surface area contributed by atoms with Crippen LogP contribution in [-0.2, 0) is 4.79 Å². The molecule has 0 amide bonds. The number of anilines is 1. The number of hydrogen-bond donors (Lipinski definition) is 0. The largest absolute Gasteiger partial charge is 0.338 e. The van der Waals surface area contributed by atoms with E-state index in [1.54, 1.807) is 11.3 Å². The minimum atomic E-state index is 0.228. The molecule has 0 bridgehead atoms. The van der Waals surface area contributed by atoms with Crippen LogP contribution in [-0.4, -0.2) is 64.1 Å². The summed E-state index contributed by atoms with van der Waals surface area (Å²) in [5.41, 5.74) is 3.22. The molecule has 1 aliphatic heterocycles. The molecule has 8 heteroatoms. The number of rotatable bonds is 7. The summed E-state index contributed by atoms with van der Waals surface area (Å²) in [6.07, 6.45) is 14.7. The molecule has 1 aromatic carbocycles.